The fourth-order valence-electron chi connectivity index (χ4n) is 3.85. The lowest BCUT2D eigenvalue weighted by molar-refractivity contribution is 0.224. The molecule has 2 aromatic carbocycles. The Morgan fingerprint density at radius 2 is 1.83 bits per heavy atom. The first-order chi connectivity index (χ1) is 14.7. The van der Waals surface area contributed by atoms with E-state index in [0.29, 0.717) is 0 Å². The smallest absolute Gasteiger partial charge is 0.150 e. The second-order valence-corrected chi connectivity index (χ2v) is 7.74. The van der Waals surface area contributed by atoms with Gasteiger partial charge in [0.15, 0.2) is 5.82 Å². The molecule has 0 aliphatic carbocycles. The van der Waals surface area contributed by atoms with Crippen LogP contribution in [-0.4, -0.2) is 26.8 Å². The van der Waals surface area contributed by atoms with Crippen LogP contribution in [0.3, 0.4) is 0 Å². The number of benzene rings is 2. The summed E-state index contributed by atoms with van der Waals surface area (Å²) in [7, 11) is 2.01. The van der Waals surface area contributed by atoms with Crippen molar-refractivity contribution < 1.29 is 0 Å². The molecule has 3 N–H and O–H groups in total. The van der Waals surface area contributed by atoms with Crippen molar-refractivity contribution in [2.75, 3.05) is 7.05 Å². The fraction of sp³-hybridized carbons (Fsp3) is 0.391. The molecule has 0 bridgehead atoms. The van der Waals surface area contributed by atoms with E-state index < -0.39 is 0 Å². The van der Waals surface area contributed by atoms with E-state index in [2.05, 4.69) is 83.6 Å². The zero-order chi connectivity index (χ0) is 20.9. The summed E-state index contributed by atoms with van der Waals surface area (Å²) in [6, 6.07) is 17.3. The number of aryl methyl sites for hydroxylation is 2. The van der Waals surface area contributed by atoms with Gasteiger partial charge in [-0.05, 0) is 28.7 Å². The molecule has 1 unspecified atom stereocenters. The van der Waals surface area contributed by atoms with Crippen molar-refractivity contribution in [2.45, 2.75) is 52.2 Å². The van der Waals surface area contributed by atoms with Crippen LogP contribution in [0, 0.1) is 0 Å². The van der Waals surface area contributed by atoms with Crippen LogP contribution in [0.5, 0.6) is 0 Å². The lowest BCUT2D eigenvalue weighted by atomic mass is 9.97. The van der Waals surface area contributed by atoms with Crippen molar-refractivity contribution in [2.24, 2.45) is 0 Å². The number of nitrogens with zero attached hydrogens (tertiary/aromatic N) is 4. The molecule has 3 aromatic rings. The van der Waals surface area contributed by atoms with Crippen LogP contribution < -0.4 is 16.5 Å². The van der Waals surface area contributed by atoms with Crippen LogP contribution in [0.25, 0.3) is 11.1 Å². The third-order valence-electron chi connectivity index (χ3n) is 5.54. The molecule has 0 spiro atoms. The number of nitrogens with one attached hydrogen (secondary N) is 3. The standard InChI is InChI=1S/C23H31N7/c1-4-6-11-21-24-22(5-2)30(26-21)16-17-12-14-18(15-13-17)19-9-7-8-10-20(19)23-25-27-28-29(23)3/h7-10,12-15,23,25,27-28H,4-6,11,16H2,1-3H3. The molecule has 0 radical (unpaired) electrons. The summed E-state index contributed by atoms with van der Waals surface area (Å²) < 4.78 is 2.06. The van der Waals surface area contributed by atoms with Crippen LogP contribution in [0.1, 0.15) is 55.6 Å². The van der Waals surface area contributed by atoms with Gasteiger partial charge < -0.3 is 0 Å². The van der Waals surface area contributed by atoms with E-state index in [1.165, 1.54) is 22.3 Å². The van der Waals surface area contributed by atoms with Gasteiger partial charge in [-0.15, -0.1) is 0 Å². The SMILES string of the molecule is CCCCc1nc(CC)n(Cc2ccc(-c3ccccc3C3NNNN3C)cc2)n1. The summed E-state index contributed by atoms with van der Waals surface area (Å²) in [5.41, 5.74) is 14.2. The molecule has 4 rings (SSSR count). The molecule has 1 fully saturated rings. The Morgan fingerprint density at radius 1 is 1.03 bits per heavy atom. The summed E-state index contributed by atoms with van der Waals surface area (Å²) in [5.74, 6) is 2.03. The lowest BCUT2D eigenvalue weighted by Crippen LogP contribution is -2.34. The second kappa shape index (κ2) is 9.49. The van der Waals surface area contributed by atoms with Gasteiger partial charge in [0, 0.05) is 19.9 Å². The predicted octanol–water partition coefficient (Wildman–Crippen LogP) is 3.36. The average Bonchev–Trinajstić information content (AvgIpc) is 3.38. The third kappa shape index (κ3) is 4.44. The maximum Gasteiger partial charge on any atom is 0.150 e. The first-order valence-electron chi connectivity index (χ1n) is 10.8. The van der Waals surface area contributed by atoms with Gasteiger partial charge in [-0.3, -0.25) is 0 Å². The minimum atomic E-state index is 0.0599. The molecular formula is C23H31N7. The normalized spacial score (nSPS) is 17.0. The van der Waals surface area contributed by atoms with Crippen molar-refractivity contribution in [3.63, 3.8) is 0 Å². The second-order valence-electron chi connectivity index (χ2n) is 7.74. The van der Waals surface area contributed by atoms with Crippen molar-refractivity contribution in [1.82, 2.24) is 36.3 Å². The van der Waals surface area contributed by atoms with Crippen molar-refractivity contribution >= 4 is 0 Å². The summed E-state index contributed by atoms with van der Waals surface area (Å²) >= 11 is 0. The number of aromatic nitrogens is 3. The largest absolute Gasteiger partial charge is 0.245 e. The van der Waals surface area contributed by atoms with Crippen LogP contribution in [0.2, 0.25) is 0 Å². The molecule has 1 aliphatic heterocycles. The first kappa shape index (κ1) is 20.7. The lowest BCUT2D eigenvalue weighted by Gasteiger charge is -2.20. The van der Waals surface area contributed by atoms with E-state index in [1.807, 2.05) is 12.1 Å². The van der Waals surface area contributed by atoms with E-state index in [1.54, 1.807) is 0 Å². The summed E-state index contributed by atoms with van der Waals surface area (Å²) in [5, 5.41) is 6.76. The molecule has 30 heavy (non-hydrogen) atoms. The molecule has 7 heteroatoms. The molecule has 158 valence electrons. The van der Waals surface area contributed by atoms with E-state index in [-0.39, 0.29) is 6.17 Å². The van der Waals surface area contributed by atoms with Crippen molar-refractivity contribution in [3.05, 3.63) is 71.3 Å². The summed E-state index contributed by atoms with van der Waals surface area (Å²) in [4.78, 5) is 4.72. The average molecular weight is 406 g/mol. The van der Waals surface area contributed by atoms with E-state index >= 15 is 0 Å². The predicted molar refractivity (Wildman–Crippen MR) is 119 cm³/mol. The fourth-order valence-corrected chi connectivity index (χ4v) is 3.85. The van der Waals surface area contributed by atoms with Crippen LogP contribution in [0.4, 0.5) is 0 Å². The van der Waals surface area contributed by atoms with Gasteiger partial charge in [0.25, 0.3) is 0 Å². The number of hydrogen-bond acceptors (Lipinski definition) is 6. The third-order valence-corrected chi connectivity index (χ3v) is 5.54. The molecule has 1 atom stereocenters. The Bertz CT molecular complexity index is 964. The van der Waals surface area contributed by atoms with Gasteiger partial charge >= 0.3 is 0 Å². The van der Waals surface area contributed by atoms with Gasteiger partial charge in [-0.25, -0.2) is 20.1 Å². The topological polar surface area (TPSA) is 70.0 Å². The Balaban J connectivity index is 1.54. The molecule has 1 saturated heterocycles. The highest BCUT2D eigenvalue weighted by Gasteiger charge is 2.24. The minimum Gasteiger partial charge on any atom is -0.245 e. The van der Waals surface area contributed by atoms with E-state index in [4.69, 9.17) is 10.1 Å². The highest BCUT2D eigenvalue weighted by molar-refractivity contribution is 5.68. The van der Waals surface area contributed by atoms with Gasteiger partial charge in [-0.2, -0.15) is 16.2 Å². The molecular weight excluding hydrogens is 374 g/mol. The first-order valence-corrected chi connectivity index (χ1v) is 10.8. The quantitative estimate of drug-likeness (QED) is 0.534. The van der Waals surface area contributed by atoms with Gasteiger partial charge in [0.05, 0.1) is 6.54 Å². The van der Waals surface area contributed by atoms with Crippen molar-refractivity contribution in [1.29, 1.82) is 0 Å². The monoisotopic (exact) mass is 405 g/mol. The van der Waals surface area contributed by atoms with E-state index in [0.717, 1.165) is 43.9 Å². The van der Waals surface area contributed by atoms with Gasteiger partial charge in [-0.1, -0.05) is 68.8 Å². The molecule has 7 nitrogen and oxygen atoms in total. The van der Waals surface area contributed by atoms with Crippen molar-refractivity contribution in [3.8, 4) is 11.1 Å². The Morgan fingerprint density at radius 3 is 2.53 bits per heavy atom. The molecule has 1 aliphatic rings. The Labute approximate surface area is 178 Å². The van der Waals surface area contributed by atoms with Crippen LogP contribution in [0.15, 0.2) is 48.5 Å². The van der Waals surface area contributed by atoms with Gasteiger partial charge in [0.2, 0.25) is 0 Å². The zero-order valence-corrected chi connectivity index (χ0v) is 18.0. The summed E-state index contributed by atoms with van der Waals surface area (Å²) in [6.45, 7) is 5.10. The number of hydrogen-bond donors (Lipinski definition) is 3. The maximum absolute atomic E-state index is 4.75. The zero-order valence-electron chi connectivity index (χ0n) is 18.0. The Hall–Kier alpha value is -2.58. The molecule has 0 amide bonds. The van der Waals surface area contributed by atoms with Crippen LogP contribution >= 0.6 is 0 Å². The Kier molecular flexibility index (Phi) is 6.54. The number of rotatable bonds is 8. The molecule has 1 aromatic heterocycles. The van der Waals surface area contributed by atoms with Gasteiger partial charge in [0.1, 0.15) is 12.0 Å². The molecule has 0 saturated carbocycles. The minimum absolute atomic E-state index is 0.0599. The molecule has 2 heterocycles. The highest BCUT2D eigenvalue weighted by Crippen LogP contribution is 2.30. The maximum atomic E-state index is 4.75. The van der Waals surface area contributed by atoms with E-state index in [9.17, 15) is 0 Å². The number of unbranched alkanes of at least 4 members (excludes halogenated alkanes) is 1. The van der Waals surface area contributed by atoms with Crippen LogP contribution in [-0.2, 0) is 19.4 Å². The highest BCUT2D eigenvalue weighted by atomic mass is 15.9. The number of hydrazine groups is 3. The summed E-state index contributed by atoms with van der Waals surface area (Å²) in [6.07, 6.45) is 4.22.